The van der Waals surface area contributed by atoms with Gasteiger partial charge in [-0.15, -0.1) is 0 Å². The minimum Gasteiger partial charge on any atom is -0.436 e. The number of ketones is 2. The molecule has 0 bridgehead atoms. The van der Waals surface area contributed by atoms with Crippen LogP contribution in [0.5, 0.6) is 0 Å². The van der Waals surface area contributed by atoms with Crippen LogP contribution < -0.4 is 5.32 Å². The molecule has 1 N–H and O–H groups in total. The van der Waals surface area contributed by atoms with Gasteiger partial charge in [0.15, 0.2) is 11.6 Å². The van der Waals surface area contributed by atoms with Crippen molar-refractivity contribution in [2.75, 3.05) is 27.2 Å². The number of hydrogen-bond donors (Lipinski definition) is 1. The molecule has 0 aromatic carbocycles. The van der Waals surface area contributed by atoms with Crippen LogP contribution >= 0.6 is 0 Å². The van der Waals surface area contributed by atoms with E-state index in [1.165, 1.54) is 12.5 Å². The van der Waals surface area contributed by atoms with Crippen LogP contribution in [0.1, 0.15) is 59.5 Å². The fraction of sp³-hybridized carbons (Fsp3) is 0.588. The fourth-order valence-electron chi connectivity index (χ4n) is 2.48. The second-order valence-corrected chi connectivity index (χ2v) is 6.03. The maximum atomic E-state index is 12.3. The lowest BCUT2D eigenvalue weighted by molar-refractivity contribution is 0.0955. The summed E-state index contributed by atoms with van der Waals surface area (Å²) < 4.78 is 5.38. The average molecular weight is 319 g/mol. The van der Waals surface area contributed by atoms with Crippen LogP contribution in [0.15, 0.2) is 16.2 Å². The van der Waals surface area contributed by atoms with Crippen LogP contribution in [0.4, 0.5) is 0 Å². The number of hydrogen-bond acceptors (Lipinski definition) is 6. The second kappa shape index (κ2) is 8.06. The summed E-state index contributed by atoms with van der Waals surface area (Å²) in [6, 6.07) is 0. The molecule has 0 fully saturated rings. The van der Waals surface area contributed by atoms with Gasteiger partial charge >= 0.3 is 0 Å². The molecular formula is C17H25N3O3. The summed E-state index contributed by atoms with van der Waals surface area (Å²) in [7, 11) is 4.14. The molecule has 1 aliphatic rings. The highest BCUT2D eigenvalue weighted by molar-refractivity contribution is 6.22. The molecule has 0 aliphatic heterocycles. The molecule has 1 aromatic heterocycles. The predicted molar refractivity (Wildman–Crippen MR) is 87.6 cm³/mol. The molecule has 6 heteroatoms. The van der Waals surface area contributed by atoms with E-state index >= 15 is 0 Å². The molecule has 0 saturated carbocycles. The van der Waals surface area contributed by atoms with E-state index in [1.807, 2.05) is 6.92 Å². The zero-order valence-electron chi connectivity index (χ0n) is 14.1. The lowest BCUT2D eigenvalue weighted by Crippen LogP contribution is -2.27. The zero-order valence-corrected chi connectivity index (χ0v) is 14.1. The number of Topliss-reactive ketones (excluding diaryl/α,β-unsaturated/α-hetero) is 1. The fourth-order valence-corrected chi connectivity index (χ4v) is 2.48. The van der Waals surface area contributed by atoms with Gasteiger partial charge in [0.1, 0.15) is 0 Å². The Hall–Kier alpha value is -1.95. The van der Waals surface area contributed by atoms with Gasteiger partial charge in [0.05, 0.1) is 5.70 Å². The van der Waals surface area contributed by atoms with Crippen molar-refractivity contribution in [3.8, 4) is 0 Å². The van der Waals surface area contributed by atoms with E-state index < -0.39 is 0 Å². The summed E-state index contributed by atoms with van der Waals surface area (Å²) in [5, 5.41) is 3.06. The summed E-state index contributed by atoms with van der Waals surface area (Å²) in [6.45, 7) is 3.64. The number of allylic oxidation sites excluding steroid dienone is 2. The number of nitrogens with one attached hydrogen (secondary N) is 1. The number of carbonyl (C=O) groups is 2. The van der Waals surface area contributed by atoms with Crippen molar-refractivity contribution in [3.63, 3.8) is 0 Å². The van der Waals surface area contributed by atoms with Crippen molar-refractivity contribution in [3.05, 3.63) is 29.1 Å². The topological polar surface area (TPSA) is 75.4 Å². The summed E-state index contributed by atoms with van der Waals surface area (Å²) in [6.07, 6.45) is 6.30. The number of nitrogens with zero attached hydrogens (tertiary/aromatic N) is 2. The van der Waals surface area contributed by atoms with E-state index in [0.29, 0.717) is 24.6 Å². The van der Waals surface area contributed by atoms with Gasteiger partial charge in [0.2, 0.25) is 17.3 Å². The lowest BCUT2D eigenvalue weighted by atomic mass is 10.0. The van der Waals surface area contributed by atoms with Crippen LogP contribution in [0, 0.1) is 0 Å². The molecule has 0 saturated heterocycles. The summed E-state index contributed by atoms with van der Waals surface area (Å²) >= 11 is 0. The average Bonchev–Trinajstić information content (AvgIpc) is 2.96. The maximum absolute atomic E-state index is 12.3. The Labute approximate surface area is 136 Å². The van der Waals surface area contributed by atoms with Gasteiger partial charge in [-0.3, -0.25) is 9.59 Å². The first-order valence-electron chi connectivity index (χ1n) is 8.22. The van der Waals surface area contributed by atoms with E-state index in [1.54, 1.807) is 0 Å². The first kappa shape index (κ1) is 17.4. The van der Waals surface area contributed by atoms with E-state index in [0.717, 1.165) is 25.8 Å². The van der Waals surface area contributed by atoms with Gasteiger partial charge in [-0.25, -0.2) is 4.98 Å². The maximum Gasteiger partial charge on any atom is 0.246 e. The van der Waals surface area contributed by atoms with Gasteiger partial charge in [0, 0.05) is 19.0 Å². The Morgan fingerprint density at radius 3 is 2.61 bits per heavy atom. The molecule has 0 radical (unpaired) electrons. The third kappa shape index (κ3) is 4.51. The quantitative estimate of drug-likeness (QED) is 0.703. The van der Waals surface area contributed by atoms with Crippen molar-refractivity contribution in [2.24, 2.45) is 0 Å². The highest BCUT2D eigenvalue weighted by Crippen LogP contribution is 2.21. The number of rotatable bonds is 9. The molecule has 126 valence electrons. The first-order chi connectivity index (χ1) is 11.0. The Kier molecular flexibility index (Phi) is 6.10. The van der Waals surface area contributed by atoms with Gasteiger partial charge < -0.3 is 14.6 Å². The molecule has 1 aromatic rings. The van der Waals surface area contributed by atoms with Crippen molar-refractivity contribution in [1.29, 1.82) is 0 Å². The summed E-state index contributed by atoms with van der Waals surface area (Å²) in [5.41, 5.74) is 0.454. The Balaban J connectivity index is 1.80. The Bertz CT molecular complexity index is 602. The third-order valence-corrected chi connectivity index (χ3v) is 3.78. The van der Waals surface area contributed by atoms with E-state index in [9.17, 15) is 9.59 Å². The normalized spacial score (nSPS) is 14.2. The monoisotopic (exact) mass is 319 g/mol. The summed E-state index contributed by atoms with van der Waals surface area (Å²) in [4.78, 5) is 30.6. The molecule has 1 heterocycles. The molecule has 23 heavy (non-hydrogen) atoms. The number of oxazole rings is 1. The lowest BCUT2D eigenvalue weighted by Gasteiger charge is -2.12. The number of unbranched alkanes of at least 4 members (excludes halogenated alkanes) is 3. The van der Waals surface area contributed by atoms with E-state index in [4.69, 9.17) is 4.42 Å². The number of fused-ring (bicyclic) bond motifs is 1. The minimum atomic E-state index is -0.278. The van der Waals surface area contributed by atoms with Crippen molar-refractivity contribution in [2.45, 2.75) is 39.0 Å². The number of aryl methyl sites for hydroxylation is 1. The van der Waals surface area contributed by atoms with E-state index in [2.05, 4.69) is 29.3 Å². The van der Waals surface area contributed by atoms with Gasteiger partial charge in [-0.05, 0) is 33.5 Å². The smallest absolute Gasteiger partial charge is 0.246 e. The molecule has 0 spiro atoms. The molecular weight excluding hydrogens is 294 g/mol. The highest BCUT2D eigenvalue weighted by atomic mass is 16.4. The van der Waals surface area contributed by atoms with Crippen molar-refractivity contribution in [1.82, 2.24) is 15.2 Å². The molecule has 0 unspecified atom stereocenters. The van der Waals surface area contributed by atoms with Crippen LogP contribution in [-0.2, 0) is 6.42 Å². The van der Waals surface area contributed by atoms with Gasteiger partial charge in [-0.1, -0.05) is 19.8 Å². The second-order valence-electron chi connectivity index (χ2n) is 6.03. The van der Waals surface area contributed by atoms with E-state index in [-0.39, 0.29) is 23.0 Å². The number of aromatic nitrogens is 1. The first-order valence-corrected chi connectivity index (χ1v) is 8.22. The van der Waals surface area contributed by atoms with Crippen molar-refractivity contribution >= 4 is 11.6 Å². The third-order valence-electron chi connectivity index (χ3n) is 3.78. The van der Waals surface area contributed by atoms with Crippen molar-refractivity contribution < 1.29 is 14.0 Å². The van der Waals surface area contributed by atoms with Crippen LogP contribution in [0.2, 0.25) is 0 Å². The molecule has 2 rings (SSSR count). The van der Waals surface area contributed by atoms with Crippen LogP contribution in [0.3, 0.4) is 0 Å². The zero-order chi connectivity index (χ0) is 16.8. The standard InChI is InChI=1S/C17H25N3O3/c1-4-14-19-15-13(21)11-12(16(22)17(15)23-14)18-9-7-5-6-8-10-20(2)3/h11,18H,4-10H2,1-3H3. The highest BCUT2D eigenvalue weighted by Gasteiger charge is 2.31. The van der Waals surface area contributed by atoms with Gasteiger partial charge in [0.25, 0.3) is 0 Å². The molecule has 0 amide bonds. The predicted octanol–water partition coefficient (Wildman–Crippen LogP) is 2.21. The van der Waals surface area contributed by atoms with Crippen LogP contribution in [0.25, 0.3) is 0 Å². The Morgan fingerprint density at radius 2 is 1.91 bits per heavy atom. The largest absolute Gasteiger partial charge is 0.436 e. The molecule has 6 nitrogen and oxygen atoms in total. The summed E-state index contributed by atoms with van der Waals surface area (Å²) in [5.74, 6) is -0.0500. The Morgan fingerprint density at radius 1 is 1.17 bits per heavy atom. The number of carbonyl (C=O) groups excluding carboxylic acids is 2. The molecule has 1 aliphatic carbocycles. The SMILES string of the molecule is CCc1nc2c(o1)C(=O)C(NCCCCCCN(C)C)=CC2=O. The molecule has 0 atom stereocenters. The minimum absolute atomic E-state index is 0.0721. The van der Waals surface area contributed by atoms with Crippen LogP contribution in [-0.4, -0.2) is 48.6 Å². The van der Waals surface area contributed by atoms with Gasteiger partial charge in [-0.2, -0.15) is 0 Å².